The Labute approximate surface area is 125 Å². The molecule has 1 saturated carbocycles. The SMILES string of the molecule is CN=C(NCCCC(C)(C)C)N(C)CCOCC1CC1. The average Bonchev–Trinajstić information content (AvgIpc) is 3.17. The molecule has 0 aliphatic heterocycles. The number of rotatable bonds is 8. The Hall–Kier alpha value is -0.770. The molecule has 0 radical (unpaired) electrons. The van der Waals surface area contributed by atoms with E-state index < -0.39 is 0 Å². The van der Waals surface area contributed by atoms with Crippen molar-refractivity contribution in [3.8, 4) is 0 Å². The molecule has 1 rings (SSSR count). The molecule has 118 valence electrons. The van der Waals surface area contributed by atoms with Gasteiger partial charge >= 0.3 is 0 Å². The van der Waals surface area contributed by atoms with Crippen LogP contribution in [0.15, 0.2) is 4.99 Å². The highest BCUT2D eigenvalue weighted by atomic mass is 16.5. The van der Waals surface area contributed by atoms with Crippen molar-refractivity contribution in [2.24, 2.45) is 16.3 Å². The number of nitrogens with one attached hydrogen (secondary N) is 1. The summed E-state index contributed by atoms with van der Waals surface area (Å²) in [6.45, 7) is 10.4. The molecule has 20 heavy (non-hydrogen) atoms. The summed E-state index contributed by atoms with van der Waals surface area (Å²) < 4.78 is 5.67. The molecule has 0 atom stereocenters. The normalized spacial score (nSPS) is 16.4. The predicted octanol–water partition coefficient (Wildman–Crippen LogP) is 2.75. The molecular weight excluding hydrogens is 250 g/mol. The molecule has 1 aliphatic carbocycles. The summed E-state index contributed by atoms with van der Waals surface area (Å²) in [6.07, 6.45) is 5.11. The lowest BCUT2D eigenvalue weighted by Gasteiger charge is -2.23. The lowest BCUT2D eigenvalue weighted by molar-refractivity contribution is 0.115. The summed E-state index contributed by atoms with van der Waals surface area (Å²) >= 11 is 0. The summed E-state index contributed by atoms with van der Waals surface area (Å²) in [5.74, 6) is 1.81. The second-order valence-electron chi connectivity index (χ2n) is 7.08. The van der Waals surface area contributed by atoms with Crippen LogP contribution in [0.4, 0.5) is 0 Å². The fraction of sp³-hybridized carbons (Fsp3) is 0.938. The Kier molecular flexibility index (Phi) is 7.35. The van der Waals surface area contributed by atoms with E-state index in [0.29, 0.717) is 5.41 Å². The van der Waals surface area contributed by atoms with Gasteiger partial charge in [-0.25, -0.2) is 0 Å². The molecule has 0 unspecified atom stereocenters. The van der Waals surface area contributed by atoms with Gasteiger partial charge in [0.05, 0.1) is 6.61 Å². The van der Waals surface area contributed by atoms with Gasteiger partial charge in [0.25, 0.3) is 0 Å². The van der Waals surface area contributed by atoms with Crippen LogP contribution in [0.2, 0.25) is 0 Å². The van der Waals surface area contributed by atoms with Crippen molar-refractivity contribution < 1.29 is 4.74 Å². The topological polar surface area (TPSA) is 36.9 Å². The second kappa shape index (κ2) is 8.50. The van der Waals surface area contributed by atoms with E-state index in [2.05, 4.69) is 43.0 Å². The van der Waals surface area contributed by atoms with Crippen LogP contribution in [0.1, 0.15) is 46.5 Å². The zero-order valence-electron chi connectivity index (χ0n) is 14.0. The standard InChI is InChI=1S/C16H33N3O/c1-16(2,3)9-6-10-18-15(17-4)19(5)11-12-20-13-14-7-8-14/h14H,6-13H2,1-5H3,(H,17,18). The highest BCUT2D eigenvalue weighted by Gasteiger charge is 2.21. The molecule has 1 fully saturated rings. The van der Waals surface area contributed by atoms with Crippen LogP contribution in [0.3, 0.4) is 0 Å². The van der Waals surface area contributed by atoms with E-state index in [9.17, 15) is 0 Å². The Bertz CT molecular complexity index is 293. The first-order valence-corrected chi connectivity index (χ1v) is 7.92. The molecule has 0 aromatic carbocycles. The molecular formula is C16H33N3O. The van der Waals surface area contributed by atoms with Gasteiger partial charge in [0.15, 0.2) is 5.96 Å². The second-order valence-corrected chi connectivity index (χ2v) is 7.08. The zero-order chi connectivity index (χ0) is 15.0. The number of ether oxygens (including phenoxy) is 1. The third kappa shape index (κ3) is 8.41. The van der Waals surface area contributed by atoms with Gasteiger partial charge in [0, 0.05) is 33.8 Å². The minimum Gasteiger partial charge on any atom is -0.379 e. The summed E-state index contributed by atoms with van der Waals surface area (Å²) in [4.78, 5) is 6.47. The first-order chi connectivity index (χ1) is 9.42. The highest BCUT2D eigenvalue weighted by Crippen LogP contribution is 2.28. The molecule has 0 saturated heterocycles. The van der Waals surface area contributed by atoms with Crippen LogP contribution < -0.4 is 5.32 Å². The summed E-state index contributed by atoms with van der Waals surface area (Å²) in [5, 5.41) is 3.42. The molecule has 0 heterocycles. The molecule has 4 heteroatoms. The van der Waals surface area contributed by atoms with Gasteiger partial charge in [-0.15, -0.1) is 0 Å². The Balaban J connectivity index is 2.09. The van der Waals surface area contributed by atoms with Crippen molar-refractivity contribution >= 4 is 5.96 Å². The number of aliphatic imine (C=N–C) groups is 1. The lowest BCUT2D eigenvalue weighted by Crippen LogP contribution is -2.41. The number of nitrogens with zero attached hydrogens (tertiary/aromatic N) is 2. The van der Waals surface area contributed by atoms with E-state index in [4.69, 9.17) is 4.74 Å². The van der Waals surface area contributed by atoms with E-state index in [1.54, 1.807) is 0 Å². The molecule has 0 bridgehead atoms. The first-order valence-electron chi connectivity index (χ1n) is 7.92. The Morgan fingerprint density at radius 2 is 2.05 bits per heavy atom. The smallest absolute Gasteiger partial charge is 0.193 e. The van der Waals surface area contributed by atoms with E-state index in [1.807, 2.05) is 7.05 Å². The van der Waals surface area contributed by atoms with Gasteiger partial charge in [-0.1, -0.05) is 20.8 Å². The van der Waals surface area contributed by atoms with E-state index >= 15 is 0 Å². The van der Waals surface area contributed by atoms with Crippen LogP contribution in [0.25, 0.3) is 0 Å². The lowest BCUT2D eigenvalue weighted by atomic mass is 9.91. The summed E-state index contributed by atoms with van der Waals surface area (Å²) in [5.41, 5.74) is 0.410. The average molecular weight is 283 g/mol. The fourth-order valence-corrected chi connectivity index (χ4v) is 2.05. The van der Waals surface area contributed by atoms with Gasteiger partial charge in [-0.05, 0) is 37.0 Å². The van der Waals surface area contributed by atoms with Crippen LogP contribution in [-0.2, 0) is 4.74 Å². The summed E-state index contributed by atoms with van der Waals surface area (Å²) in [6, 6.07) is 0. The third-order valence-corrected chi connectivity index (χ3v) is 3.58. The Morgan fingerprint density at radius 1 is 1.35 bits per heavy atom. The van der Waals surface area contributed by atoms with Gasteiger partial charge in [0.2, 0.25) is 0 Å². The highest BCUT2D eigenvalue weighted by molar-refractivity contribution is 5.79. The number of likely N-dealkylation sites (N-methyl/N-ethyl adjacent to an activating group) is 1. The van der Waals surface area contributed by atoms with Crippen molar-refractivity contribution in [2.45, 2.75) is 46.5 Å². The maximum absolute atomic E-state index is 5.67. The quantitative estimate of drug-likeness (QED) is 0.423. The zero-order valence-corrected chi connectivity index (χ0v) is 14.0. The van der Waals surface area contributed by atoms with Gasteiger partial charge in [-0.3, -0.25) is 4.99 Å². The molecule has 0 amide bonds. The Morgan fingerprint density at radius 3 is 2.60 bits per heavy atom. The third-order valence-electron chi connectivity index (χ3n) is 3.58. The van der Waals surface area contributed by atoms with Gasteiger partial charge in [0.1, 0.15) is 0 Å². The van der Waals surface area contributed by atoms with E-state index in [-0.39, 0.29) is 0 Å². The summed E-state index contributed by atoms with van der Waals surface area (Å²) in [7, 11) is 3.91. The van der Waals surface area contributed by atoms with Crippen molar-refractivity contribution in [3.63, 3.8) is 0 Å². The minimum atomic E-state index is 0.410. The van der Waals surface area contributed by atoms with Crippen molar-refractivity contribution in [3.05, 3.63) is 0 Å². The van der Waals surface area contributed by atoms with Crippen molar-refractivity contribution in [2.75, 3.05) is 40.4 Å². The van der Waals surface area contributed by atoms with E-state index in [1.165, 1.54) is 25.7 Å². The maximum Gasteiger partial charge on any atom is 0.193 e. The van der Waals surface area contributed by atoms with Gasteiger partial charge < -0.3 is 15.0 Å². The van der Waals surface area contributed by atoms with Gasteiger partial charge in [-0.2, -0.15) is 0 Å². The number of hydrogen-bond acceptors (Lipinski definition) is 2. The minimum absolute atomic E-state index is 0.410. The molecule has 4 nitrogen and oxygen atoms in total. The predicted molar refractivity (Wildman–Crippen MR) is 86.2 cm³/mol. The molecule has 0 aromatic rings. The molecule has 1 N–H and O–H groups in total. The molecule has 0 aromatic heterocycles. The maximum atomic E-state index is 5.67. The van der Waals surface area contributed by atoms with E-state index in [0.717, 1.165) is 38.2 Å². The monoisotopic (exact) mass is 283 g/mol. The first kappa shape index (κ1) is 17.3. The van der Waals surface area contributed by atoms with Crippen LogP contribution in [0, 0.1) is 11.3 Å². The molecule has 1 aliphatic rings. The van der Waals surface area contributed by atoms with Crippen molar-refractivity contribution in [1.29, 1.82) is 0 Å². The number of hydrogen-bond donors (Lipinski definition) is 1. The fourth-order valence-electron chi connectivity index (χ4n) is 2.05. The van der Waals surface area contributed by atoms with Crippen LogP contribution in [0.5, 0.6) is 0 Å². The molecule has 0 spiro atoms. The van der Waals surface area contributed by atoms with Crippen LogP contribution in [-0.4, -0.2) is 51.3 Å². The van der Waals surface area contributed by atoms with Crippen LogP contribution >= 0.6 is 0 Å². The largest absolute Gasteiger partial charge is 0.379 e. The number of guanidine groups is 1. The van der Waals surface area contributed by atoms with Crippen molar-refractivity contribution in [1.82, 2.24) is 10.2 Å².